The van der Waals surface area contributed by atoms with E-state index in [1.807, 2.05) is 0 Å². The summed E-state index contributed by atoms with van der Waals surface area (Å²) < 4.78 is 16.1. The summed E-state index contributed by atoms with van der Waals surface area (Å²) in [5.74, 6) is -0.560. The number of H-pyrrole nitrogens is 1. The second-order valence-electron chi connectivity index (χ2n) is 3.72. The molecule has 1 rings (SSSR count). The van der Waals surface area contributed by atoms with Crippen LogP contribution >= 0.6 is 7.60 Å². The molecule has 0 spiro atoms. The molecule has 0 bridgehead atoms. The number of aromatic amines is 1. The molecule has 0 radical (unpaired) electrons. The van der Waals surface area contributed by atoms with Crippen molar-refractivity contribution >= 4 is 13.6 Å². The molecule has 1 aromatic heterocycles. The van der Waals surface area contributed by atoms with Gasteiger partial charge in [-0.05, 0) is 11.7 Å². The SMILES string of the molecule is CCOC(=O)c1c(C)[nH]c(CCP(=O)(O)O)[n+]1O. The van der Waals surface area contributed by atoms with Crippen LogP contribution in [0, 0.1) is 6.92 Å². The third-order valence-electron chi connectivity index (χ3n) is 2.26. The minimum Gasteiger partial charge on any atom is -0.460 e. The van der Waals surface area contributed by atoms with Gasteiger partial charge in [0.1, 0.15) is 0 Å². The van der Waals surface area contributed by atoms with E-state index in [4.69, 9.17) is 14.5 Å². The van der Waals surface area contributed by atoms with Crippen LogP contribution in [0.5, 0.6) is 0 Å². The summed E-state index contributed by atoms with van der Waals surface area (Å²) >= 11 is 0. The standard InChI is InChI=1S/C9H15N2O6P/c1-3-17-9(12)8-6(2)10-7(11(8)13)4-5-18(14,15)16/h13H,3-5H2,1-2H3,(H2,14,15,16)/p+1. The molecule has 0 aliphatic rings. The fourth-order valence-corrected chi connectivity index (χ4v) is 1.98. The summed E-state index contributed by atoms with van der Waals surface area (Å²) in [5.41, 5.74) is 0.300. The van der Waals surface area contributed by atoms with Crippen LogP contribution in [0.1, 0.15) is 28.9 Å². The molecule has 0 atom stereocenters. The number of hydrogen-bond donors (Lipinski definition) is 4. The highest BCUT2D eigenvalue weighted by molar-refractivity contribution is 7.51. The molecule has 4 N–H and O–H groups in total. The Morgan fingerprint density at radius 3 is 2.61 bits per heavy atom. The molecule has 0 saturated carbocycles. The molecule has 0 amide bonds. The van der Waals surface area contributed by atoms with Crippen molar-refractivity contribution in [2.75, 3.05) is 12.8 Å². The number of nitrogens with zero attached hydrogens (tertiary/aromatic N) is 1. The second-order valence-corrected chi connectivity index (χ2v) is 5.49. The van der Waals surface area contributed by atoms with Gasteiger partial charge in [-0.2, -0.15) is 0 Å². The molecular weight excluding hydrogens is 263 g/mol. The summed E-state index contributed by atoms with van der Waals surface area (Å²) in [5, 5.41) is 9.74. The Morgan fingerprint density at radius 1 is 1.50 bits per heavy atom. The number of nitrogens with one attached hydrogen (secondary N) is 1. The largest absolute Gasteiger partial charge is 0.460 e. The lowest BCUT2D eigenvalue weighted by Crippen LogP contribution is -2.40. The number of imidazole rings is 1. The average molecular weight is 279 g/mol. The van der Waals surface area contributed by atoms with Crippen LogP contribution < -0.4 is 4.73 Å². The molecule has 1 heterocycles. The zero-order chi connectivity index (χ0) is 13.9. The average Bonchev–Trinajstić information content (AvgIpc) is 2.50. The molecule has 102 valence electrons. The normalized spacial score (nSPS) is 11.6. The van der Waals surface area contributed by atoms with Crippen molar-refractivity contribution in [1.29, 1.82) is 0 Å². The summed E-state index contributed by atoms with van der Waals surface area (Å²) in [6.45, 7) is 3.36. The second kappa shape index (κ2) is 5.51. The van der Waals surface area contributed by atoms with Crippen molar-refractivity contribution in [1.82, 2.24) is 4.98 Å². The lowest BCUT2D eigenvalue weighted by molar-refractivity contribution is -0.910. The molecule has 1 aromatic rings. The molecule has 0 unspecified atom stereocenters. The van der Waals surface area contributed by atoms with Crippen molar-refractivity contribution in [3.8, 4) is 0 Å². The first-order chi connectivity index (χ1) is 8.26. The monoisotopic (exact) mass is 279 g/mol. The molecular formula is C9H16N2O6P+. The van der Waals surface area contributed by atoms with Gasteiger partial charge in [-0.25, -0.2) is 9.78 Å². The van der Waals surface area contributed by atoms with Crippen LogP contribution in [-0.2, 0) is 15.7 Å². The van der Waals surface area contributed by atoms with Gasteiger partial charge in [0.15, 0.2) is 5.69 Å². The van der Waals surface area contributed by atoms with Crippen LogP contribution in [0.25, 0.3) is 0 Å². The number of hydrogen-bond acceptors (Lipinski definition) is 4. The van der Waals surface area contributed by atoms with E-state index in [1.54, 1.807) is 13.8 Å². The van der Waals surface area contributed by atoms with Crippen LogP contribution in [0.4, 0.5) is 0 Å². The highest BCUT2D eigenvalue weighted by atomic mass is 31.2. The Hall–Kier alpha value is -1.37. The Bertz CT molecular complexity index is 491. The van der Waals surface area contributed by atoms with E-state index in [1.165, 1.54) is 0 Å². The lowest BCUT2D eigenvalue weighted by atomic mass is 10.3. The van der Waals surface area contributed by atoms with E-state index in [-0.39, 0.29) is 24.5 Å². The first-order valence-electron chi connectivity index (χ1n) is 5.30. The number of esters is 1. The van der Waals surface area contributed by atoms with Gasteiger partial charge in [0.05, 0.1) is 19.2 Å². The number of aromatic nitrogens is 2. The summed E-state index contributed by atoms with van der Waals surface area (Å²) in [4.78, 5) is 31.7. The van der Waals surface area contributed by atoms with Crippen LogP contribution in [0.3, 0.4) is 0 Å². The molecule has 9 heteroatoms. The predicted molar refractivity (Wildman–Crippen MR) is 59.5 cm³/mol. The highest BCUT2D eigenvalue weighted by Gasteiger charge is 2.30. The quantitative estimate of drug-likeness (QED) is 0.255. The van der Waals surface area contributed by atoms with E-state index in [2.05, 4.69) is 4.98 Å². The van der Waals surface area contributed by atoms with Gasteiger partial charge in [-0.3, -0.25) is 4.57 Å². The maximum absolute atomic E-state index is 11.5. The van der Waals surface area contributed by atoms with Crippen molar-refractivity contribution in [2.24, 2.45) is 0 Å². The van der Waals surface area contributed by atoms with E-state index < -0.39 is 19.7 Å². The maximum atomic E-state index is 11.5. The topological polar surface area (TPSA) is 124 Å². The minimum absolute atomic E-state index is 0.0717. The fraction of sp³-hybridized carbons (Fsp3) is 0.556. The van der Waals surface area contributed by atoms with Crippen LogP contribution in [0.15, 0.2) is 0 Å². The zero-order valence-corrected chi connectivity index (χ0v) is 11.0. The van der Waals surface area contributed by atoms with Gasteiger partial charge in [0.25, 0.3) is 11.5 Å². The zero-order valence-electron chi connectivity index (χ0n) is 10.1. The first-order valence-corrected chi connectivity index (χ1v) is 7.10. The number of ether oxygens (including phenoxy) is 1. The molecule has 8 nitrogen and oxygen atoms in total. The van der Waals surface area contributed by atoms with Gasteiger partial charge >= 0.3 is 13.6 Å². The summed E-state index contributed by atoms with van der Waals surface area (Å²) in [7, 11) is -4.15. The number of carbonyl (C=O) groups excluding carboxylic acids is 1. The van der Waals surface area contributed by atoms with Gasteiger partial charge in [0, 0.05) is 6.92 Å². The van der Waals surface area contributed by atoms with E-state index >= 15 is 0 Å². The lowest BCUT2D eigenvalue weighted by Gasteiger charge is -2.00. The Balaban J connectivity index is 2.94. The van der Waals surface area contributed by atoms with E-state index in [9.17, 15) is 14.6 Å². The minimum atomic E-state index is -4.15. The van der Waals surface area contributed by atoms with Crippen LogP contribution in [-0.4, -0.2) is 38.7 Å². The molecule has 0 aliphatic heterocycles. The number of rotatable bonds is 5. The van der Waals surface area contributed by atoms with E-state index in [0.717, 1.165) is 0 Å². The molecule has 0 fully saturated rings. The maximum Gasteiger partial charge on any atom is 0.386 e. The van der Waals surface area contributed by atoms with Crippen molar-refractivity contribution < 1.29 is 33.8 Å². The summed E-state index contributed by atoms with van der Waals surface area (Å²) in [6, 6.07) is 0. The highest BCUT2D eigenvalue weighted by Crippen LogP contribution is 2.34. The third-order valence-corrected chi connectivity index (χ3v) is 3.07. The fourth-order valence-electron chi connectivity index (χ4n) is 1.48. The first kappa shape index (κ1) is 14.7. The smallest absolute Gasteiger partial charge is 0.386 e. The molecule has 0 aliphatic carbocycles. The third kappa shape index (κ3) is 3.56. The number of carbonyl (C=O) groups is 1. The molecule has 18 heavy (non-hydrogen) atoms. The van der Waals surface area contributed by atoms with Gasteiger partial charge in [-0.1, -0.05) is 0 Å². The van der Waals surface area contributed by atoms with Crippen molar-refractivity contribution in [3.05, 3.63) is 17.2 Å². The molecule has 0 saturated heterocycles. The Morgan fingerprint density at radius 2 is 2.11 bits per heavy atom. The predicted octanol–water partition coefficient (Wildman–Crippen LogP) is -0.255. The van der Waals surface area contributed by atoms with Crippen molar-refractivity contribution in [2.45, 2.75) is 20.3 Å². The molecule has 0 aromatic carbocycles. The van der Waals surface area contributed by atoms with E-state index in [0.29, 0.717) is 10.4 Å². The number of aryl methyl sites for hydroxylation is 2. The van der Waals surface area contributed by atoms with Gasteiger partial charge < -0.3 is 19.7 Å². The van der Waals surface area contributed by atoms with Crippen molar-refractivity contribution in [3.63, 3.8) is 0 Å². The Labute approximate surface area is 103 Å². The summed E-state index contributed by atoms with van der Waals surface area (Å²) in [6.07, 6.45) is -0.503. The Kier molecular flexibility index (Phi) is 4.50. The van der Waals surface area contributed by atoms with Gasteiger partial charge in [-0.15, -0.1) is 0 Å². The van der Waals surface area contributed by atoms with Gasteiger partial charge in [0.2, 0.25) is 0 Å². The van der Waals surface area contributed by atoms with Crippen LogP contribution in [0.2, 0.25) is 0 Å².